The first kappa shape index (κ1) is 14.1. The molecular formula is C18H17FN2O2. The number of benzene rings is 2. The zero-order valence-corrected chi connectivity index (χ0v) is 12.7. The molecule has 1 amide bonds. The van der Waals surface area contributed by atoms with Gasteiger partial charge < -0.3 is 14.5 Å². The van der Waals surface area contributed by atoms with Gasteiger partial charge in [-0.1, -0.05) is 18.2 Å². The number of anilines is 2. The lowest BCUT2D eigenvalue weighted by Crippen LogP contribution is -2.47. The van der Waals surface area contributed by atoms with E-state index in [0.717, 1.165) is 30.2 Å². The number of para-hydroxylation sites is 1. The molecule has 0 saturated carbocycles. The Balaban J connectivity index is 1.64. The highest BCUT2D eigenvalue weighted by Gasteiger charge is 2.31. The molecule has 4 rings (SSSR count). The summed E-state index contributed by atoms with van der Waals surface area (Å²) in [5.74, 6) is 0.497. The first-order valence-electron chi connectivity index (χ1n) is 7.78. The highest BCUT2D eigenvalue weighted by Crippen LogP contribution is 2.42. The molecule has 0 saturated heterocycles. The standard InChI is InChI=1S/C18H17FN2O2/c19-14-4-1-3-13(11-14)12-17(22)21-8-7-20-9-10-23-16-6-2-5-15(21)18(16)20/h1-6,11H,7-10,12H2. The highest BCUT2D eigenvalue weighted by molar-refractivity contribution is 6.00. The van der Waals surface area contributed by atoms with Crippen molar-refractivity contribution in [2.45, 2.75) is 6.42 Å². The van der Waals surface area contributed by atoms with Gasteiger partial charge in [-0.3, -0.25) is 4.79 Å². The van der Waals surface area contributed by atoms with E-state index in [-0.39, 0.29) is 18.1 Å². The quantitative estimate of drug-likeness (QED) is 0.854. The van der Waals surface area contributed by atoms with Crippen molar-refractivity contribution in [1.29, 1.82) is 0 Å². The molecule has 2 aromatic rings. The van der Waals surface area contributed by atoms with E-state index in [9.17, 15) is 9.18 Å². The van der Waals surface area contributed by atoms with Gasteiger partial charge in [0.15, 0.2) is 0 Å². The minimum Gasteiger partial charge on any atom is -0.489 e. The Labute approximate surface area is 134 Å². The Morgan fingerprint density at radius 1 is 1.13 bits per heavy atom. The second-order valence-electron chi connectivity index (χ2n) is 5.81. The normalized spacial score (nSPS) is 15.9. The van der Waals surface area contributed by atoms with Gasteiger partial charge in [-0.15, -0.1) is 0 Å². The SMILES string of the molecule is O=C(Cc1cccc(F)c1)N1CCN2CCOc3cccc1c32. The second kappa shape index (κ2) is 5.57. The molecule has 0 atom stereocenters. The third kappa shape index (κ3) is 2.52. The van der Waals surface area contributed by atoms with Gasteiger partial charge in [-0.2, -0.15) is 0 Å². The lowest BCUT2D eigenvalue weighted by molar-refractivity contribution is -0.118. The third-order valence-corrected chi connectivity index (χ3v) is 4.34. The predicted octanol–water partition coefficient (Wildman–Crippen LogP) is 2.61. The predicted molar refractivity (Wildman–Crippen MR) is 86.6 cm³/mol. The summed E-state index contributed by atoms with van der Waals surface area (Å²) < 4.78 is 19.0. The number of ether oxygens (including phenoxy) is 1. The van der Waals surface area contributed by atoms with Crippen molar-refractivity contribution in [1.82, 2.24) is 0 Å². The number of rotatable bonds is 2. The van der Waals surface area contributed by atoms with Crippen molar-refractivity contribution in [2.75, 3.05) is 36.0 Å². The van der Waals surface area contributed by atoms with Gasteiger partial charge in [-0.05, 0) is 29.8 Å². The molecule has 23 heavy (non-hydrogen) atoms. The zero-order valence-electron chi connectivity index (χ0n) is 12.7. The number of carbonyl (C=O) groups excluding carboxylic acids is 1. The van der Waals surface area contributed by atoms with Crippen LogP contribution < -0.4 is 14.5 Å². The van der Waals surface area contributed by atoms with Crippen molar-refractivity contribution >= 4 is 17.3 Å². The molecular weight excluding hydrogens is 295 g/mol. The van der Waals surface area contributed by atoms with E-state index in [1.807, 2.05) is 18.2 Å². The number of halogens is 1. The average Bonchev–Trinajstić information content (AvgIpc) is 2.56. The highest BCUT2D eigenvalue weighted by atomic mass is 19.1. The van der Waals surface area contributed by atoms with E-state index in [4.69, 9.17) is 4.74 Å². The van der Waals surface area contributed by atoms with E-state index < -0.39 is 0 Å². The van der Waals surface area contributed by atoms with E-state index in [1.165, 1.54) is 12.1 Å². The van der Waals surface area contributed by atoms with Gasteiger partial charge in [-0.25, -0.2) is 4.39 Å². The first-order chi connectivity index (χ1) is 11.2. The maximum absolute atomic E-state index is 13.3. The van der Waals surface area contributed by atoms with Crippen LogP contribution in [0.4, 0.5) is 15.8 Å². The van der Waals surface area contributed by atoms with Crippen LogP contribution in [-0.2, 0) is 11.2 Å². The molecule has 5 heteroatoms. The molecule has 0 N–H and O–H groups in total. The number of amides is 1. The molecule has 2 aliphatic rings. The van der Waals surface area contributed by atoms with Gasteiger partial charge in [0.2, 0.25) is 5.91 Å². The Hall–Kier alpha value is -2.56. The van der Waals surface area contributed by atoms with Crippen LogP contribution in [0.1, 0.15) is 5.56 Å². The average molecular weight is 312 g/mol. The fraction of sp³-hybridized carbons (Fsp3) is 0.278. The monoisotopic (exact) mass is 312 g/mol. The molecule has 118 valence electrons. The molecule has 2 heterocycles. The van der Waals surface area contributed by atoms with E-state index >= 15 is 0 Å². The number of nitrogens with zero attached hydrogens (tertiary/aromatic N) is 2. The van der Waals surface area contributed by atoms with Gasteiger partial charge in [0.1, 0.15) is 23.9 Å². The molecule has 0 aromatic heterocycles. The van der Waals surface area contributed by atoms with Crippen molar-refractivity contribution in [3.05, 3.63) is 53.8 Å². The number of carbonyl (C=O) groups is 1. The van der Waals surface area contributed by atoms with Crippen LogP contribution in [0.3, 0.4) is 0 Å². The molecule has 0 radical (unpaired) electrons. The smallest absolute Gasteiger partial charge is 0.231 e. The summed E-state index contributed by atoms with van der Waals surface area (Å²) in [6, 6.07) is 12.0. The molecule has 0 unspecified atom stereocenters. The summed E-state index contributed by atoms with van der Waals surface area (Å²) in [7, 11) is 0. The van der Waals surface area contributed by atoms with E-state index in [0.29, 0.717) is 18.7 Å². The molecule has 4 nitrogen and oxygen atoms in total. The number of hydrogen-bond acceptors (Lipinski definition) is 3. The molecule has 0 aliphatic carbocycles. The Morgan fingerprint density at radius 3 is 2.87 bits per heavy atom. The lowest BCUT2D eigenvalue weighted by atomic mass is 10.1. The van der Waals surface area contributed by atoms with Crippen molar-refractivity contribution < 1.29 is 13.9 Å². The Morgan fingerprint density at radius 2 is 2.00 bits per heavy atom. The van der Waals surface area contributed by atoms with Crippen LogP contribution in [0, 0.1) is 5.82 Å². The summed E-state index contributed by atoms with van der Waals surface area (Å²) in [4.78, 5) is 16.8. The lowest BCUT2D eigenvalue weighted by Gasteiger charge is -2.41. The van der Waals surface area contributed by atoms with Gasteiger partial charge in [0.05, 0.1) is 18.7 Å². The molecule has 0 fully saturated rings. The van der Waals surface area contributed by atoms with Gasteiger partial charge in [0, 0.05) is 13.1 Å². The topological polar surface area (TPSA) is 32.8 Å². The Bertz CT molecular complexity index is 762. The van der Waals surface area contributed by atoms with Gasteiger partial charge in [0.25, 0.3) is 0 Å². The van der Waals surface area contributed by atoms with E-state index in [2.05, 4.69) is 4.90 Å². The summed E-state index contributed by atoms with van der Waals surface area (Å²) in [6.45, 7) is 2.95. The number of hydrogen-bond donors (Lipinski definition) is 0. The van der Waals surface area contributed by atoms with Crippen molar-refractivity contribution in [3.63, 3.8) is 0 Å². The molecule has 0 spiro atoms. The van der Waals surface area contributed by atoms with Crippen LogP contribution in [0.25, 0.3) is 0 Å². The minimum atomic E-state index is -0.314. The first-order valence-corrected chi connectivity index (χ1v) is 7.78. The van der Waals surface area contributed by atoms with Crippen LogP contribution >= 0.6 is 0 Å². The van der Waals surface area contributed by atoms with Crippen LogP contribution in [0.2, 0.25) is 0 Å². The summed E-state index contributed by atoms with van der Waals surface area (Å²) in [6.07, 6.45) is 0.197. The second-order valence-corrected chi connectivity index (χ2v) is 5.81. The third-order valence-electron chi connectivity index (χ3n) is 4.34. The molecule has 2 aliphatic heterocycles. The maximum atomic E-state index is 13.3. The fourth-order valence-corrected chi connectivity index (χ4v) is 3.28. The summed E-state index contributed by atoms with van der Waals surface area (Å²) >= 11 is 0. The van der Waals surface area contributed by atoms with Gasteiger partial charge >= 0.3 is 0 Å². The minimum absolute atomic E-state index is 0.0192. The van der Waals surface area contributed by atoms with Crippen molar-refractivity contribution in [3.8, 4) is 5.75 Å². The molecule has 2 aromatic carbocycles. The summed E-state index contributed by atoms with van der Waals surface area (Å²) in [5.41, 5.74) is 2.57. The maximum Gasteiger partial charge on any atom is 0.231 e. The van der Waals surface area contributed by atoms with E-state index in [1.54, 1.807) is 17.0 Å². The van der Waals surface area contributed by atoms with Crippen LogP contribution in [0.15, 0.2) is 42.5 Å². The van der Waals surface area contributed by atoms with Crippen LogP contribution in [-0.4, -0.2) is 32.1 Å². The fourth-order valence-electron chi connectivity index (χ4n) is 3.28. The van der Waals surface area contributed by atoms with Crippen LogP contribution in [0.5, 0.6) is 5.75 Å². The largest absolute Gasteiger partial charge is 0.489 e. The Kier molecular flexibility index (Phi) is 3.41. The molecule has 0 bridgehead atoms. The zero-order chi connectivity index (χ0) is 15.8. The van der Waals surface area contributed by atoms with Crippen molar-refractivity contribution in [2.24, 2.45) is 0 Å². The summed E-state index contributed by atoms with van der Waals surface area (Å²) in [5, 5.41) is 0.